The molecule has 0 unspecified atom stereocenters. The minimum Gasteiger partial charge on any atom is -0.495 e. The predicted octanol–water partition coefficient (Wildman–Crippen LogP) is 5.79. The maximum Gasteiger partial charge on any atom is 0.134 e. The highest BCUT2D eigenvalue weighted by Gasteiger charge is 2.13. The van der Waals surface area contributed by atoms with E-state index in [1.54, 1.807) is 7.11 Å². The predicted molar refractivity (Wildman–Crippen MR) is 91.6 cm³/mol. The van der Waals surface area contributed by atoms with Crippen LogP contribution in [0.15, 0.2) is 77.3 Å². The molecular formula is C19H15BrO. The van der Waals surface area contributed by atoms with Crippen LogP contribution in [0.2, 0.25) is 0 Å². The molecule has 21 heavy (non-hydrogen) atoms. The van der Waals surface area contributed by atoms with Gasteiger partial charge in [-0.15, -0.1) is 0 Å². The van der Waals surface area contributed by atoms with Crippen LogP contribution in [0.5, 0.6) is 5.75 Å². The van der Waals surface area contributed by atoms with Gasteiger partial charge in [-0.2, -0.15) is 0 Å². The summed E-state index contributed by atoms with van der Waals surface area (Å²) in [5.41, 5.74) is 4.47. The third-order valence-corrected chi connectivity index (χ3v) is 3.89. The van der Waals surface area contributed by atoms with Crippen molar-refractivity contribution in [1.29, 1.82) is 0 Å². The van der Waals surface area contributed by atoms with Crippen LogP contribution in [-0.4, -0.2) is 7.11 Å². The monoisotopic (exact) mass is 338 g/mol. The number of benzene rings is 3. The van der Waals surface area contributed by atoms with E-state index in [1.165, 1.54) is 0 Å². The summed E-state index contributed by atoms with van der Waals surface area (Å²) in [5, 5.41) is 0. The summed E-state index contributed by atoms with van der Waals surface area (Å²) in [4.78, 5) is 0. The molecule has 0 aromatic heterocycles. The summed E-state index contributed by atoms with van der Waals surface area (Å²) in [7, 11) is 1.72. The standard InChI is InChI=1S/C19H15BrO/c1-21-19-17(14-8-4-2-5-9-14)12-16(20)13-18(19)15-10-6-3-7-11-15/h2-13H,1H3. The van der Waals surface area contributed by atoms with Crippen LogP contribution >= 0.6 is 15.9 Å². The van der Waals surface area contributed by atoms with Crippen LogP contribution in [0.3, 0.4) is 0 Å². The summed E-state index contributed by atoms with van der Waals surface area (Å²) in [5.74, 6) is 0.899. The molecule has 2 heteroatoms. The minimum atomic E-state index is 0.899. The van der Waals surface area contributed by atoms with Crippen molar-refractivity contribution in [3.8, 4) is 28.0 Å². The molecule has 3 aromatic carbocycles. The van der Waals surface area contributed by atoms with E-state index in [1.807, 2.05) is 36.4 Å². The molecule has 0 N–H and O–H groups in total. The van der Waals surface area contributed by atoms with E-state index in [9.17, 15) is 0 Å². The van der Waals surface area contributed by atoms with Gasteiger partial charge < -0.3 is 4.74 Å². The molecule has 0 aliphatic carbocycles. The Bertz CT molecular complexity index is 676. The Morgan fingerprint density at radius 2 is 1.14 bits per heavy atom. The Balaban J connectivity index is 2.25. The first kappa shape index (κ1) is 13.9. The van der Waals surface area contributed by atoms with Crippen LogP contribution in [0.4, 0.5) is 0 Å². The van der Waals surface area contributed by atoms with E-state index in [2.05, 4.69) is 52.3 Å². The number of hydrogen-bond donors (Lipinski definition) is 0. The van der Waals surface area contributed by atoms with Crippen molar-refractivity contribution in [2.45, 2.75) is 0 Å². The van der Waals surface area contributed by atoms with E-state index in [0.717, 1.165) is 32.5 Å². The number of halogens is 1. The molecule has 0 heterocycles. The molecular weight excluding hydrogens is 324 g/mol. The number of methoxy groups -OCH3 is 1. The summed E-state index contributed by atoms with van der Waals surface area (Å²) in [6, 6.07) is 24.8. The lowest BCUT2D eigenvalue weighted by molar-refractivity contribution is 0.418. The molecule has 0 aliphatic rings. The van der Waals surface area contributed by atoms with Crippen LogP contribution in [0.1, 0.15) is 0 Å². The highest BCUT2D eigenvalue weighted by molar-refractivity contribution is 9.10. The van der Waals surface area contributed by atoms with Gasteiger partial charge in [-0.3, -0.25) is 0 Å². The SMILES string of the molecule is COc1c(-c2ccccc2)cc(Br)cc1-c1ccccc1. The van der Waals surface area contributed by atoms with Crippen molar-refractivity contribution in [2.75, 3.05) is 7.11 Å². The maximum atomic E-state index is 5.72. The van der Waals surface area contributed by atoms with Crippen molar-refractivity contribution in [1.82, 2.24) is 0 Å². The van der Waals surface area contributed by atoms with Crippen molar-refractivity contribution in [3.05, 3.63) is 77.3 Å². The molecule has 0 bridgehead atoms. The molecule has 1 nitrogen and oxygen atoms in total. The van der Waals surface area contributed by atoms with E-state index in [0.29, 0.717) is 0 Å². The molecule has 0 saturated heterocycles. The molecule has 0 radical (unpaired) electrons. The average Bonchev–Trinajstić information content (AvgIpc) is 2.55. The molecule has 0 atom stereocenters. The maximum absolute atomic E-state index is 5.72. The normalized spacial score (nSPS) is 10.4. The topological polar surface area (TPSA) is 9.23 Å². The van der Waals surface area contributed by atoms with Gasteiger partial charge in [-0.05, 0) is 23.3 Å². The van der Waals surface area contributed by atoms with Gasteiger partial charge in [0.15, 0.2) is 0 Å². The Labute approximate surface area is 133 Å². The molecule has 3 rings (SSSR count). The molecule has 3 aromatic rings. The molecule has 0 fully saturated rings. The van der Waals surface area contributed by atoms with Crippen LogP contribution in [-0.2, 0) is 0 Å². The summed E-state index contributed by atoms with van der Waals surface area (Å²) in [6.45, 7) is 0. The highest BCUT2D eigenvalue weighted by atomic mass is 79.9. The van der Waals surface area contributed by atoms with Crippen molar-refractivity contribution in [2.24, 2.45) is 0 Å². The zero-order valence-corrected chi connectivity index (χ0v) is 13.3. The number of rotatable bonds is 3. The van der Waals surface area contributed by atoms with Gasteiger partial charge in [0.1, 0.15) is 5.75 Å². The van der Waals surface area contributed by atoms with E-state index < -0.39 is 0 Å². The van der Waals surface area contributed by atoms with Gasteiger partial charge in [0.2, 0.25) is 0 Å². The Morgan fingerprint density at radius 3 is 1.52 bits per heavy atom. The second-order valence-electron chi connectivity index (χ2n) is 4.77. The number of hydrogen-bond acceptors (Lipinski definition) is 1. The zero-order chi connectivity index (χ0) is 14.7. The first-order valence-corrected chi connectivity index (χ1v) is 7.57. The summed E-state index contributed by atoms with van der Waals surface area (Å²) >= 11 is 3.62. The lowest BCUT2D eigenvalue weighted by Gasteiger charge is -2.15. The second kappa shape index (κ2) is 6.15. The van der Waals surface area contributed by atoms with Crippen LogP contribution < -0.4 is 4.74 Å². The van der Waals surface area contributed by atoms with Gasteiger partial charge in [0.05, 0.1) is 7.11 Å². The molecule has 0 saturated carbocycles. The fraction of sp³-hybridized carbons (Fsp3) is 0.0526. The summed E-state index contributed by atoms with van der Waals surface area (Å²) < 4.78 is 6.76. The first-order chi connectivity index (χ1) is 10.3. The van der Waals surface area contributed by atoms with Crippen molar-refractivity contribution in [3.63, 3.8) is 0 Å². The quantitative estimate of drug-likeness (QED) is 0.587. The smallest absolute Gasteiger partial charge is 0.134 e. The Morgan fingerprint density at radius 1 is 0.714 bits per heavy atom. The fourth-order valence-electron chi connectivity index (χ4n) is 2.48. The first-order valence-electron chi connectivity index (χ1n) is 6.78. The Kier molecular flexibility index (Phi) is 4.07. The van der Waals surface area contributed by atoms with Gasteiger partial charge in [0.25, 0.3) is 0 Å². The summed E-state index contributed by atoms with van der Waals surface area (Å²) in [6.07, 6.45) is 0. The largest absolute Gasteiger partial charge is 0.495 e. The van der Waals surface area contributed by atoms with Gasteiger partial charge in [-0.25, -0.2) is 0 Å². The molecule has 104 valence electrons. The third-order valence-electron chi connectivity index (χ3n) is 3.43. The second-order valence-corrected chi connectivity index (χ2v) is 5.68. The van der Waals surface area contributed by atoms with Crippen LogP contribution in [0, 0.1) is 0 Å². The molecule has 0 amide bonds. The Hall–Kier alpha value is -2.06. The van der Waals surface area contributed by atoms with Crippen molar-refractivity contribution >= 4 is 15.9 Å². The fourth-order valence-corrected chi connectivity index (χ4v) is 2.94. The van der Waals surface area contributed by atoms with E-state index in [4.69, 9.17) is 4.74 Å². The average molecular weight is 339 g/mol. The molecule has 0 spiro atoms. The third kappa shape index (κ3) is 2.86. The van der Waals surface area contributed by atoms with Gasteiger partial charge >= 0.3 is 0 Å². The van der Waals surface area contributed by atoms with E-state index in [-0.39, 0.29) is 0 Å². The van der Waals surface area contributed by atoms with Crippen molar-refractivity contribution < 1.29 is 4.74 Å². The van der Waals surface area contributed by atoms with E-state index >= 15 is 0 Å². The number of ether oxygens (including phenoxy) is 1. The van der Waals surface area contributed by atoms with Crippen LogP contribution in [0.25, 0.3) is 22.3 Å². The lowest BCUT2D eigenvalue weighted by atomic mass is 9.97. The van der Waals surface area contributed by atoms with Gasteiger partial charge in [0, 0.05) is 15.6 Å². The minimum absolute atomic E-state index is 0.899. The highest BCUT2D eigenvalue weighted by Crippen LogP contribution is 2.41. The van der Waals surface area contributed by atoms with Gasteiger partial charge in [-0.1, -0.05) is 76.6 Å². The lowest BCUT2D eigenvalue weighted by Crippen LogP contribution is -1.92. The molecule has 0 aliphatic heterocycles. The zero-order valence-electron chi connectivity index (χ0n) is 11.7.